The van der Waals surface area contributed by atoms with Gasteiger partial charge in [0, 0.05) is 25.8 Å². The first-order chi connectivity index (χ1) is 8.19. The quantitative estimate of drug-likeness (QED) is 0.256. The molecule has 0 saturated carbocycles. The van der Waals surface area contributed by atoms with Crippen LogP contribution in [0.2, 0.25) is 0 Å². The molecule has 0 radical (unpaired) electrons. The third-order valence-corrected chi connectivity index (χ3v) is 3.72. The highest BCUT2D eigenvalue weighted by atomic mass is 16.7. The number of ether oxygens (including phenoxy) is 2. The molecule has 2 atom stereocenters. The SMILES string of the molecule is COC(OC)[C@]1(C)CCC=C[C@@H]1CC/C=N/O. The second-order valence-electron chi connectivity index (χ2n) is 4.76. The van der Waals surface area contributed by atoms with Crippen molar-refractivity contribution in [1.82, 2.24) is 0 Å². The smallest absolute Gasteiger partial charge is 0.162 e. The topological polar surface area (TPSA) is 51.0 Å². The van der Waals surface area contributed by atoms with E-state index in [2.05, 4.69) is 24.2 Å². The van der Waals surface area contributed by atoms with E-state index < -0.39 is 0 Å². The van der Waals surface area contributed by atoms with Crippen LogP contribution < -0.4 is 0 Å². The van der Waals surface area contributed by atoms with Crippen LogP contribution in [0.15, 0.2) is 17.3 Å². The van der Waals surface area contributed by atoms with Crippen molar-refractivity contribution in [3.05, 3.63) is 12.2 Å². The lowest BCUT2D eigenvalue weighted by Gasteiger charge is -2.42. The lowest BCUT2D eigenvalue weighted by Crippen LogP contribution is -2.42. The molecule has 0 fully saturated rings. The zero-order valence-corrected chi connectivity index (χ0v) is 10.9. The molecule has 98 valence electrons. The molecule has 0 aliphatic heterocycles. The first-order valence-electron chi connectivity index (χ1n) is 6.07. The summed E-state index contributed by atoms with van der Waals surface area (Å²) in [5.41, 5.74) is -0.0124. The fourth-order valence-corrected chi connectivity index (χ4v) is 2.73. The van der Waals surface area contributed by atoms with Gasteiger partial charge in [-0.1, -0.05) is 19.1 Å². The van der Waals surface area contributed by atoms with Crippen molar-refractivity contribution in [3.8, 4) is 0 Å². The molecule has 17 heavy (non-hydrogen) atoms. The maximum Gasteiger partial charge on any atom is 0.162 e. The number of rotatable bonds is 6. The Balaban J connectivity index is 2.75. The van der Waals surface area contributed by atoms with Gasteiger partial charge in [0.25, 0.3) is 0 Å². The molecule has 0 spiro atoms. The van der Waals surface area contributed by atoms with E-state index in [0.29, 0.717) is 5.92 Å². The Labute approximate surface area is 103 Å². The Morgan fingerprint density at radius 1 is 1.53 bits per heavy atom. The first-order valence-corrected chi connectivity index (χ1v) is 6.07. The van der Waals surface area contributed by atoms with E-state index in [0.717, 1.165) is 25.7 Å². The van der Waals surface area contributed by atoms with Gasteiger partial charge < -0.3 is 14.7 Å². The fraction of sp³-hybridized carbons (Fsp3) is 0.769. The van der Waals surface area contributed by atoms with Crippen molar-refractivity contribution in [2.75, 3.05) is 14.2 Å². The molecule has 1 aliphatic rings. The summed E-state index contributed by atoms with van der Waals surface area (Å²) >= 11 is 0. The third-order valence-electron chi connectivity index (χ3n) is 3.72. The van der Waals surface area contributed by atoms with Gasteiger partial charge in [-0.25, -0.2) is 0 Å². The van der Waals surface area contributed by atoms with Crippen molar-refractivity contribution in [3.63, 3.8) is 0 Å². The van der Waals surface area contributed by atoms with Crippen LogP contribution in [0.25, 0.3) is 0 Å². The number of allylic oxidation sites excluding steroid dienone is 2. The minimum absolute atomic E-state index is 0.0124. The third kappa shape index (κ3) is 3.30. The zero-order chi connectivity index (χ0) is 12.7. The number of hydrogen-bond acceptors (Lipinski definition) is 4. The molecule has 0 unspecified atom stereocenters. The molecule has 0 saturated heterocycles. The van der Waals surface area contributed by atoms with E-state index in [4.69, 9.17) is 14.7 Å². The van der Waals surface area contributed by atoms with Crippen molar-refractivity contribution in [2.45, 2.75) is 38.9 Å². The molecule has 1 aliphatic carbocycles. The average molecular weight is 241 g/mol. The van der Waals surface area contributed by atoms with Crippen LogP contribution in [0.4, 0.5) is 0 Å². The van der Waals surface area contributed by atoms with Crippen molar-refractivity contribution in [1.29, 1.82) is 0 Å². The second-order valence-corrected chi connectivity index (χ2v) is 4.76. The lowest BCUT2D eigenvalue weighted by molar-refractivity contribution is -0.189. The van der Waals surface area contributed by atoms with E-state index >= 15 is 0 Å². The van der Waals surface area contributed by atoms with E-state index in [9.17, 15) is 0 Å². The predicted molar refractivity (Wildman–Crippen MR) is 67.3 cm³/mol. The Kier molecular flexibility index (Phi) is 5.65. The molecule has 0 aromatic heterocycles. The van der Waals surface area contributed by atoms with Gasteiger partial charge in [0.1, 0.15) is 0 Å². The van der Waals surface area contributed by atoms with Gasteiger partial charge in [-0.3, -0.25) is 0 Å². The Hall–Kier alpha value is -0.870. The van der Waals surface area contributed by atoms with Gasteiger partial charge in [-0.05, 0) is 31.6 Å². The normalized spacial score (nSPS) is 29.3. The summed E-state index contributed by atoms with van der Waals surface area (Å²) in [7, 11) is 3.37. The summed E-state index contributed by atoms with van der Waals surface area (Å²) < 4.78 is 10.9. The van der Waals surface area contributed by atoms with Gasteiger partial charge in [0.2, 0.25) is 0 Å². The summed E-state index contributed by atoms with van der Waals surface area (Å²) in [5.74, 6) is 0.388. The van der Waals surface area contributed by atoms with Crippen molar-refractivity contribution >= 4 is 6.21 Å². The number of nitrogens with zero attached hydrogens (tertiary/aromatic N) is 1. The molecule has 0 aromatic carbocycles. The van der Waals surface area contributed by atoms with E-state index in [1.807, 2.05) is 0 Å². The Morgan fingerprint density at radius 3 is 2.82 bits per heavy atom. The number of hydrogen-bond donors (Lipinski definition) is 1. The van der Waals surface area contributed by atoms with Crippen LogP contribution in [-0.2, 0) is 9.47 Å². The Morgan fingerprint density at radius 2 is 2.24 bits per heavy atom. The van der Waals surface area contributed by atoms with Gasteiger partial charge in [-0.15, -0.1) is 5.16 Å². The molecule has 1 N–H and O–H groups in total. The second kappa shape index (κ2) is 6.77. The number of methoxy groups -OCH3 is 2. The zero-order valence-electron chi connectivity index (χ0n) is 10.9. The van der Waals surface area contributed by atoms with E-state index in [1.165, 1.54) is 6.21 Å². The molecule has 4 nitrogen and oxygen atoms in total. The summed E-state index contributed by atoms with van der Waals surface area (Å²) in [5, 5.41) is 11.5. The van der Waals surface area contributed by atoms with Crippen molar-refractivity contribution in [2.24, 2.45) is 16.5 Å². The van der Waals surface area contributed by atoms with Gasteiger partial charge >= 0.3 is 0 Å². The first kappa shape index (κ1) is 14.2. The lowest BCUT2D eigenvalue weighted by atomic mass is 9.68. The van der Waals surface area contributed by atoms with Gasteiger partial charge in [0.15, 0.2) is 6.29 Å². The predicted octanol–water partition coefficient (Wildman–Crippen LogP) is 2.82. The summed E-state index contributed by atoms with van der Waals surface area (Å²) in [6.07, 6.45) is 9.62. The summed E-state index contributed by atoms with van der Waals surface area (Å²) in [4.78, 5) is 0. The van der Waals surface area contributed by atoms with Gasteiger partial charge in [0.05, 0.1) is 0 Å². The molecule has 0 aromatic rings. The molecule has 0 heterocycles. The number of oxime groups is 1. The maximum atomic E-state index is 8.43. The standard InChI is InChI=1S/C13H23NO3/c1-13(12(16-2)17-3)9-5-4-7-11(13)8-6-10-14-15/h4,7,10-12,15H,5-6,8-9H2,1-3H3/b14-10+/t11-,13-/m1/s1. The van der Waals surface area contributed by atoms with Crippen LogP contribution in [0.5, 0.6) is 0 Å². The molecular weight excluding hydrogens is 218 g/mol. The van der Waals surface area contributed by atoms with Crippen molar-refractivity contribution < 1.29 is 14.7 Å². The van der Waals surface area contributed by atoms with Crippen LogP contribution >= 0.6 is 0 Å². The van der Waals surface area contributed by atoms with Crippen LogP contribution in [0.3, 0.4) is 0 Å². The molecule has 4 heteroatoms. The summed E-state index contributed by atoms with van der Waals surface area (Å²) in [6.45, 7) is 2.20. The van der Waals surface area contributed by atoms with Crippen LogP contribution in [0, 0.1) is 11.3 Å². The minimum Gasteiger partial charge on any atom is -0.411 e. The average Bonchev–Trinajstić information content (AvgIpc) is 2.33. The van der Waals surface area contributed by atoms with Gasteiger partial charge in [-0.2, -0.15) is 0 Å². The van der Waals surface area contributed by atoms with Crippen LogP contribution in [-0.4, -0.2) is 31.9 Å². The highest BCUT2D eigenvalue weighted by molar-refractivity contribution is 5.56. The maximum absolute atomic E-state index is 8.43. The van der Waals surface area contributed by atoms with Crippen LogP contribution in [0.1, 0.15) is 32.6 Å². The highest BCUT2D eigenvalue weighted by Gasteiger charge is 2.41. The minimum atomic E-state index is -0.191. The van der Waals surface area contributed by atoms with E-state index in [-0.39, 0.29) is 11.7 Å². The molecule has 0 amide bonds. The fourth-order valence-electron chi connectivity index (χ4n) is 2.73. The molecule has 1 rings (SSSR count). The Bertz CT molecular complexity index is 274. The summed E-state index contributed by atoms with van der Waals surface area (Å²) in [6, 6.07) is 0. The monoisotopic (exact) mass is 241 g/mol. The highest BCUT2D eigenvalue weighted by Crippen LogP contribution is 2.43. The largest absolute Gasteiger partial charge is 0.411 e. The molecule has 0 bridgehead atoms. The molecular formula is C13H23NO3. The van der Waals surface area contributed by atoms with E-state index in [1.54, 1.807) is 14.2 Å².